The second-order valence-corrected chi connectivity index (χ2v) is 6.25. The fourth-order valence-corrected chi connectivity index (χ4v) is 3.10. The van der Waals surface area contributed by atoms with Crippen molar-refractivity contribution in [2.24, 2.45) is 0 Å². The van der Waals surface area contributed by atoms with E-state index in [0.29, 0.717) is 6.54 Å². The third-order valence-corrected chi connectivity index (χ3v) is 4.43. The Labute approximate surface area is 152 Å². The molecule has 0 atom stereocenters. The van der Waals surface area contributed by atoms with Gasteiger partial charge in [0.15, 0.2) is 0 Å². The van der Waals surface area contributed by atoms with Gasteiger partial charge in [0, 0.05) is 38.4 Å². The number of aromatic nitrogens is 3. The molecule has 3 aromatic rings. The lowest BCUT2D eigenvalue weighted by molar-refractivity contribution is 0.517. The second kappa shape index (κ2) is 7.43. The topological polar surface area (TPSA) is 70.3 Å². The Morgan fingerprint density at radius 2 is 1.81 bits per heavy atom. The largest absolute Gasteiger partial charge is 0.467 e. The van der Waals surface area contributed by atoms with Gasteiger partial charge < -0.3 is 19.5 Å². The summed E-state index contributed by atoms with van der Waals surface area (Å²) in [7, 11) is 0. The van der Waals surface area contributed by atoms with Crippen molar-refractivity contribution in [2.45, 2.75) is 13.5 Å². The molecule has 1 aliphatic rings. The predicted molar refractivity (Wildman–Crippen MR) is 101 cm³/mol. The van der Waals surface area contributed by atoms with E-state index in [4.69, 9.17) is 4.42 Å². The first-order valence-electron chi connectivity index (χ1n) is 8.81. The molecule has 1 N–H and O–H groups in total. The van der Waals surface area contributed by atoms with Gasteiger partial charge in [-0.2, -0.15) is 0 Å². The lowest BCUT2D eigenvalue weighted by Crippen LogP contribution is -2.47. The SMILES string of the molecule is Cc1nc(NCc2ccco2)cc(N2CCN(c3ccccn3)CC2)n1. The number of nitrogens with zero attached hydrogens (tertiary/aromatic N) is 5. The van der Waals surface area contributed by atoms with Crippen molar-refractivity contribution in [2.75, 3.05) is 41.3 Å². The molecule has 4 rings (SSSR count). The zero-order valence-corrected chi connectivity index (χ0v) is 14.8. The molecule has 1 fully saturated rings. The fraction of sp³-hybridized carbons (Fsp3) is 0.316. The van der Waals surface area contributed by atoms with Gasteiger partial charge in [-0.05, 0) is 31.2 Å². The summed E-state index contributed by atoms with van der Waals surface area (Å²) in [4.78, 5) is 18.1. The highest BCUT2D eigenvalue weighted by Crippen LogP contribution is 2.20. The molecule has 0 unspecified atom stereocenters. The van der Waals surface area contributed by atoms with Crippen LogP contribution in [0.4, 0.5) is 17.5 Å². The van der Waals surface area contributed by atoms with Gasteiger partial charge in [0.2, 0.25) is 0 Å². The van der Waals surface area contributed by atoms with Gasteiger partial charge in [0.05, 0.1) is 12.8 Å². The fourth-order valence-electron chi connectivity index (χ4n) is 3.10. The minimum Gasteiger partial charge on any atom is -0.467 e. The Balaban J connectivity index is 1.41. The van der Waals surface area contributed by atoms with Crippen LogP contribution >= 0.6 is 0 Å². The standard InChI is InChI=1S/C19H22N6O/c1-15-22-17(21-14-16-5-4-12-26-16)13-19(23-15)25-10-8-24(9-11-25)18-6-2-3-7-20-18/h2-7,12-13H,8-11,14H2,1H3,(H,21,22,23). The number of pyridine rings is 1. The second-order valence-electron chi connectivity index (χ2n) is 6.25. The van der Waals surface area contributed by atoms with Crippen LogP contribution in [-0.2, 0) is 6.54 Å². The third kappa shape index (κ3) is 3.77. The molecule has 0 aromatic carbocycles. The van der Waals surface area contributed by atoms with E-state index in [9.17, 15) is 0 Å². The number of rotatable bonds is 5. The van der Waals surface area contributed by atoms with Crippen LogP contribution in [0, 0.1) is 6.92 Å². The van der Waals surface area contributed by atoms with Gasteiger partial charge in [0.1, 0.15) is 29.0 Å². The van der Waals surface area contributed by atoms with Crippen LogP contribution in [0.2, 0.25) is 0 Å². The maximum Gasteiger partial charge on any atom is 0.134 e. The minimum absolute atomic E-state index is 0.607. The average molecular weight is 350 g/mol. The summed E-state index contributed by atoms with van der Waals surface area (Å²) >= 11 is 0. The highest BCUT2D eigenvalue weighted by atomic mass is 16.3. The lowest BCUT2D eigenvalue weighted by Gasteiger charge is -2.36. The molecular formula is C19H22N6O. The van der Waals surface area contributed by atoms with Crippen LogP contribution in [0.1, 0.15) is 11.6 Å². The normalized spacial score (nSPS) is 14.5. The number of nitrogens with one attached hydrogen (secondary N) is 1. The first kappa shape index (κ1) is 16.4. The quantitative estimate of drug-likeness (QED) is 0.758. The van der Waals surface area contributed by atoms with Crippen molar-refractivity contribution in [1.82, 2.24) is 15.0 Å². The van der Waals surface area contributed by atoms with E-state index in [0.717, 1.165) is 55.2 Å². The molecule has 26 heavy (non-hydrogen) atoms. The molecule has 4 heterocycles. The van der Waals surface area contributed by atoms with Crippen LogP contribution in [0.15, 0.2) is 53.3 Å². The predicted octanol–water partition coefficient (Wildman–Crippen LogP) is 2.71. The summed E-state index contributed by atoms with van der Waals surface area (Å²) in [5.41, 5.74) is 0. The van der Waals surface area contributed by atoms with Crippen molar-refractivity contribution in [3.8, 4) is 0 Å². The number of hydrogen-bond acceptors (Lipinski definition) is 7. The molecule has 7 heteroatoms. The van der Waals surface area contributed by atoms with E-state index in [1.807, 2.05) is 43.5 Å². The Morgan fingerprint density at radius 3 is 2.50 bits per heavy atom. The molecule has 0 aliphatic carbocycles. The number of aryl methyl sites for hydroxylation is 1. The summed E-state index contributed by atoms with van der Waals surface area (Å²) in [6.45, 7) is 6.20. The summed E-state index contributed by atoms with van der Waals surface area (Å²) in [5.74, 6) is 4.45. The highest BCUT2D eigenvalue weighted by Gasteiger charge is 2.19. The number of hydrogen-bond donors (Lipinski definition) is 1. The molecule has 7 nitrogen and oxygen atoms in total. The molecule has 0 saturated carbocycles. The average Bonchev–Trinajstić information content (AvgIpc) is 3.20. The monoisotopic (exact) mass is 350 g/mol. The molecule has 3 aromatic heterocycles. The van der Waals surface area contributed by atoms with Gasteiger partial charge in [-0.25, -0.2) is 15.0 Å². The zero-order valence-electron chi connectivity index (χ0n) is 14.8. The van der Waals surface area contributed by atoms with Crippen molar-refractivity contribution < 1.29 is 4.42 Å². The Hall–Kier alpha value is -3.09. The van der Waals surface area contributed by atoms with Crippen molar-refractivity contribution in [3.05, 3.63) is 60.4 Å². The van der Waals surface area contributed by atoms with Crippen molar-refractivity contribution in [3.63, 3.8) is 0 Å². The van der Waals surface area contributed by atoms with Crippen LogP contribution in [0.25, 0.3) is 0 Å². The number of anilines is 3. The van der Waals surface area contributed by atoms with Crippen LogP contribution in [-0.4, -0.2) is 41.1 Å². The van der Waals surface area contributed by atoms with Gasteiger partial charge in [-0.15, -0.1) is 0 Å². The van der Waals surface area contributed by atoms with Gasteiger partial charge in [0.25, 0.3) is 0 Å². The van der Waals surface area contributed by atoms with E-state index in [1.165, 1.54) is 0 Å². The molecular weight excluding hydrogens is 328 g/mol. The first-order valence-corrected chi connectivity index (χ1v) is 8.81. The van der Waals surface area contributed by atoms with Crippen molar-refractivity contribution >= 4 is 17.5 Å². The summed E-state index contributed by atoms with van der Waals surface area (Å²) < 4.78 is 5.36. The molecule has 1 aliphatic heterocycles. The summed E-state index contributed by atoms with van der Waals surface area (Å²) in [6, 6.07) is 11.9. The number of furan rings is 1. The summed E-state index contributed by atoms with van der Waals surface area (Å²) in [5, 5.41) is 3.31. The van der Waals surface area contributed by atoms with Crippen LogP contribution < -0.4 is 15.1 Å². The number of piperazine rings is 1. The molecule has 0 bridgehead atoms. The zero-order chi connectivity index (χ0) is 17.8. The highest BCUT2D eigenvalue weighted by molar-refractivity contribution is 5.51. The molecule has 134 valence electrons. The van der Waals surface area contributed by atoms with Crippen LogP contribution in [0.5, 0.6) is 0 Å². The molecule has 0 amide bonds. The molecule has 1 saturated heterocycles. The van der Waals surface area contributed by atoms with Crippen LogP contribution in [0.3, 0.4) is 0 Å². The minimum atomic E-state index is 0.607. The Bertz CT molecular complexity index is 829. The summed E-state index contributed by atoms with van der Waals surface area (Å²) in [6.07, 6.45) is 3.52. The molecule has 0 radical (unpaired) electrons. The maximum absolute atomic E-state index is 5.36. The first-order chi connectivity index (χ1) is 12.8. The van der Waals surface area contributed by atoms with E-state index < -0.39 is 0 Å². The Kier molecular flexibility index (Phi) is 4.68. The van der Waals surface area contributed by atoms with Gasteiger partial charge in [-0.1, -0.05) is 6.07 Å². The van der Waals surface area contributed by atoms with Crippen molar-refractivity contribution in [1.29, 1.82) is 0 Å². The lowest BCUT2D eigenvalue weighted by atomic mass is 10.3. The van der Waals surface area contributed by atoms with E-state index >= 15 is 0 Å². The van der Waals surface area contributed by atoms with Gasteiger partial charge >= 0.3 is 0 Å². The van der Waals surface area contributed by atoms with Gasteiger partial charge in [-0.3, -0.25) is 0 Å². The van der Waals surface area contributed by atoms with E-state index in [-0.39, 0.29) is 0 Å². The molecule has 0 spiro atoms. The maximum atomic E-state index is 5.36. The smallest absolute Gasteiger partial charge is 0.134 e. The third-order valence-electron chi connectivity index (χ3n) is 4.43. The van der Waals surface area contributed by atoms with E-state index in [2.05, 4.69) is 36.1 Å². The van der Waals surface area contributed by atoms with E-state index in [1.54, 1.807) is 6.26 Å². The Morgan fingerprint density at radius 1 is 1.00 bits per heavy atom.